The number of benzene rings is 1. The molecule has 0 unspecified atom stereocenters. The van der Waals surface area contributed by atoms with Crippen LogP contribution in [0.25, 0.3) is 0 Å². The summed E-state index contributed by atoms with van der Waals surface area (Å²) in [5.41, 5.74) is 6.96. The quantitative estimate of drug-likeness (QED) is 0.748. The second kappa shape index (κ2) is 6.61. The normalized spacial score (nSPS) is 14.3. The lowest BCUT2D eigenvalue weighted by atomic mass is 10.2. The standard InChI is InChI=1S/C15H23N3O2/c1-18(10-11-3-4-11)8-7-15(19)17-13-9-12(16)5-6-14(13)20-2/h5-6,9,11H,3-4,7-8,10,16H2,1-2H3,(H,17,19). The monoisotopic (exact) mass is 277 g/mol. The summed E-state index contributed by atoms with van der Waals surface area (Å²) in [6.07, 6.45) is 3.13. The predicted molar refractivity (Wildman–Crippen MR) is 80.9 cm³/mol. The van der Waals surface area contributed by atoms with E-state index in [2.05, 4.69) is 17.3 Å². The summed E-state index contributed by atoms with van der Waals surface area (Å²) >= 11 is 0. The minimum absolute atomic E-state index is 0.0171. The highest BCUT2D eigenvalue weighted by Gasteiger charge is 2.22. The Bertz CT molecular complexity index is 472. The summed E-state index contributed by atoms with van der Waals surface area (Å²) in [6, 6.07) is 5.21. The van der Waals surface area contributed by atoms with Gasteiger partial charge in [0.15, 0.2) is 0 Å². The molecular weight excluding hydrogens is 254 g/mol. The van der Waals surface area contributed by atoms with Gasteiger partial charge in [-0.2, -0.15) is 0 Å². The van der Waals surface area contributed by atoms with E-state index < -0.39 is 0 Å². The molecule has 0 bridgehead atoms. The Labute approximate surface area is 120 Å². The molecule has 0 aromatic heterocycles. The Kier molecular flexibility index (Phi) is 4.84. The van der Waals surface area contributed by atoms with Crippen molar-refractivity contribution in [1.82, 2.24) is 4.90 Å². The predicted octanol–water partition coefficient (Wildman–Crippen LogP) is 1.95. The van der Waals surface area contributed by atoms with Gasteiger partial charge in [-0.15, -0.1) is 0 Å². The number of nitrogen functional groups attached to an aromatic ring is 1. The van der Waals surface area contributed by atoms with Crippen LogP contribution >= 0.6 is 0 Å². The third-order valence-corrected chi connectivity index (χ3v) is 3.49. The van der Waals surface area contributed by atoms with E-state index in [9.17, 15) is 4.79 Å². The van der Waals surface area contributed by atoms with Gasteiger partial charge in [-0.05, 0) is 44.0 Å². The number of methoxy groups -OCH3 is 1. The van der Waals surface area contributed by atoms with Gasteiger partial charge in [0.2, 0.25) is 5.91 Å². The minimum Gasteiger partial charge on any atom is -0.495 e. The first kappa shape index (κ1) is 14.7. The zero-order valence-electron chi connectivity index (χ0n) is 12.2. The maximum Gasteiger partial charge on any atom is 0.225 e. The Hall–Kier alpha value is -1.75. The third kappa shape index (κ3) is 4.42. The average molecular weight is 277 g/mol. The van der Waals surface area contributed by atoms with Crippen LogP contribution in [0.1, 0.15) is 19.3 Å². The van der Waals surface area contributed by atoms with Crippen molar-refractivity contribution in [3.05, 3.63) is 18.2 Å². The Balaban J connectivity index is 1.82. The van der Waals surface area contributed by atoms with Crippen LogP contribution in [0.2, 0.25) is 0 Å². The number of ether oxygens (including phenoxy) is 1. The van der Waals surface area contributed by atoms with Crippen LogP contribution < -0.4 is 15.8 Å². The van der Waals surface area contributed by atoms with Crippen LogP contribution in [0.15, 0.2) is 18.2 Å². The van der Waals surface area contributed by atoms with Gasteiger partial charge in [0.05, 0.1) is 12.8 Å². The van der Waals surface area contributed by atoms with Gasteiger partial charge in [-0.25, -0.2) is 0 Å². The molecule has 3 N–H and O–H groups in total. The summed E-state index contributed by atoms with van der Waals surface area (Å²) in [5.74, 6) is 1.45. The molecule has 1 aromatic carbocycles. The van der Waals surface area contributed by atoms with Gasteiger partial charge in [0.25, 0.3) is 0 Å². The summed E-state index contributed by atoms with van der Waals surface area (Å²) in [5, 5.41) is 2.86. The first-order valence-corrected chi connectivity index (χ1v) is 7.00. The van der Waals surface area contributed by atoms with Gasteiger partial charge in [0, 0.05) is 25.2 Å². The molecule has 110 valence electrons. The number of nitrogens with two attached hydrogens (primary N) is 1. The molecule has 0 atom stereocenters. The molecule has 1 saturated carbocycles. The Morgan fingerprint density at radius 2 is 2.25 bits per heavy atom. The highest BCUT2D eigenvalue weighted by atomic mass is 16.5. The molecule has 1 aliphatic carbocycles. The van der Waals surface area contributed by atoms with E-state index in [1.54, 1.807) is 25.3 Å². The molecule has 1 fully saturated rings. The van der Waals surface area contributed by atoms with E-state index in [4.69, 9.17) is 10.5 Å². The molecule has 0 radical (unpaired) electrons. The van der Waals surface area contributed by atoms with Crippen molar-refractivity contribution in [3.63, 3.8) is 0 Å². The van der Waals surface area contributed by atoms with Crippen molar-refractivity contribution in [1.29, 1.82) is 0 Å². The van der Waals surface area contributed by atoms with Crippen LogP contribution in [-0.2, 0) is 4.79 Å². The van der Waals surface area contributed by atoms with Crippen molar-refractivity contribution >= 4 is 17.3 Å². The van der Waals surface area contributed by atoms with Crippen LogP contribution in [0.3, 0.4) is 0 Å². The highest BCUT2D eigenvalue weighted by Crippen LogP contribution is 2.29. The number of carbonyl (C=O) groups is 1. The SMILES string of the molecule is COc1ccc(N)cc1NC(=O)CCN(C)CC1CC1. The van der Waals surface area contributed by atoms with E-state index in [-0.39, 0.29) is 5.91 Å². The smallest absolute Gasteiger partial charge is 0.225 e. The number of anilines is 2. The Morgan fingerprint density at radius 1 is 1.50 bits per heavy atom. The van der Waals surface area contributed by atoms with E-state index in [1.807, 2.05) is 0 Å². The van der Waals surface area contributed by atoms with Crippen LogP contribution in [0.5, 0.6) is 5.75 Å². The summed E-state index contributed by atoms with van der Waals surface area (Å²) in [4.78, 5) is 14.2. The molecule has 0 saturated heterocycles. The van der Waals surface area contributed by atoms with Gasteiger partial charge in [-0.1, -0.05) is 0 Å². The fraction of sp³-hybridized carbons (Fsp3) is 0.533. The Morgan fingerprint density at radius 3 is 2.90 bits per heavy atom. The molecule has 0 spiro atoms. The van der Waals surface area contributed by atoms with E-state index in [1.165, 1.54) is 12.8 Å². The molecule has 0 heterocycles. The second-order valence-electron chi connectivity index (χ2n) is 5.46. The minimum atomic E-state index is -0.0171. The van der Waals surface area contributed by atoms with Crippen LogP contribution in [-0.4, -0.2) is 38.1 Å². The number of carbonyl (C=O) groups excluding carboxylic acids is 1. The topological polar surface area (TPSA) is 67.6 Å². The summed E-state index contributed by atoms with van der Waals surface area (Å²) in [7, 11) is 3.64. The van der Waals surface area contributed by atoms with Crippen LogP contribution in [0, 0.1) is 5.92 Å². The lowest BCUT2D eigenvalue weighted by Gasteiger charge is -2.16. The highest BCUT2D eigenvalue weighted by molar-refractivity contribution is 5.93. The number of nitrogens with one attached hydrogen (secondary N) is 1. The first-order valence-electron chi connectivity index (χ1n) is 7.00. The number of rotatable bonds is 7. The van der Waals surface area contributed by atoms with Crippen molar-refractivity contribution in [2.24, 2.45) is 5.92 Å². The van der Waals surface area contributed by atoms with Crippen molar-refractivity contribution < 1.29 is 9.53 Å². The van der Waals surface area contributed by atoms with Crippen molar-refractivity contribution in [3.8, 4) is 5.75 Å². The lowest BCUT2D eigenvalue weighted by Crippen LogP contribution is -2.26. The number of hydrogen-bond acceptors (Lipinski definition) is 4. The van der Waals surface area contributed by atoms with Crippen LogP contribution in [0.4, 0.5) is 11.4 Å². The number of nitrogens with zero attached hydrogens (tertiary/aromatic N) is 1. The number of hydrogen-bond donors (Lipinski definition) is 2. The molecule has 2 rings (SSSR count). The largest absolute Gasteiger partial charge is 0.495 e. The first-order chi connectivity index (χ1) is 9.58. The van der Waals surface area contributed by atoms with E-state index in [0.29, 0.717) is 23.5 Å². The van der Waals surface area contributed by atoms with Gasteiger partial charge in [0.1, 0.15) is 5.75 Å². The van der Waals surface area contributed by atoms with Crippen molar-refractivity contribution in [2.75, 3.05) is 38.3 Å². The van der Waals surface area contributed by atoms with Crippen molar-refractivity contribution in [2.45, 2.75) is 19.3 Å². The maximum atomic E-state index is 12.0. The van der Waals surface area contributed by atoms with Gasteiger partial charge >= 0.3 is 0 Å². The molecule has 1 aromatic rings. The lowest BCUT2D eigenvalue weighted by molar-refractivity contribution is -0.116. The number of amides is 1. The van der Waals surface area contributed by atoms with E-state index in [0.717, 1.165) is 19.0 Å². The molecule has 1 amide bonds. The summed E-state index contributed by atoms with van der Waals surface area (Å²) < 4.78 is 5.21. The fourth-order valence-corrected chi connectivity index (χ4v) is 2.16. The van der Waals surface area contributed by atoms with Gasteiger partial charge < -0.3 is 20.7 Å². The molecular formula is C15H23N3O2. The third-order valence-electron chi connectivity index (χ3n) is 3.49. The van der Waals surface area contributed by atoms with Gasteiger partial charge in [-0.3, -0.25) is 4.79 Å². The molecule has 0 aliphatic heterocycles. The molecule has 20 heavy (non-hydrogen) atoms. The second-order valence-corrected chi connectivity index (χ2v) is 5.46. The molecule has 5 nitrogen and oxygen atoms in total. The van der Waals surface area contributed by atoms with E-state index >= 15 is 0 Å². The molecule has 5 heteroatoms. The zero-order valence-corrected chi connectivity index (χ0v) is 12.2. The maximum absolute atomic E-state index is 12.0. The zero-order chi connectivity index (χ0) is 14.5. The fourth-order valence-electron chi connectivity index (χ4n) is 2.16. The summed E-state index contributed by atoms with van der Waals surface area (Å²) in [6.45, 7) is 1.86. The average Bonchev–Trinajstić information content (AvgIpc) is 3.21. The molecule has 1 aliphatic rings.